The molecule has 1 aliphatic carbocycles. The molecule has 5 nitrogen and oxygen atoms in total. The topological polar surface area (TPSA) is 47.2 Å². The van der Waals surface area contributed by atoms with E-state index in [2.05, 4.69) is 47.3 Å². The van der Waals surface area contributed by atoms with E-state index < -0.39 is 0 Å². The summed E-state index contributed by atoms with van der Waals surface area (Å²) in [6.07, 6.45) is 8.36. The number of aromatic nitrogens is 4. The van der Waals surface area contributed by atoms with E-state index in [9.17, 15) is 0 Å². The van der Waals surface area contributed by atoms with Gasteiger partial charge in [-0.15, -0.1) is 11.3 Å². The van der Waals surface area contributed by atoms with Crippen molar-refractivity contribution in [1.29, 1.82) is 0 Å². The Labute approximate surface area is 122 Å². The summed E-state index contributed by atoms with van der Waals surface area (Å²) in [5.74, 6) is 0.908. The van der Waals surface area contributed by atoms with Gasteiger partial charge in [0.2, 0.25) is 0 Å². The highest BCUT2D eigenvalue weighted by Crippen LogP contribution is 2.24. The van der Waals surface area contributed by atoms with Crippen LogP contribution in [0.25, 0.3) is 10.8 Å². The third-order valence-corrected chi connectivity index (χ3v) is 4.41. The molecule has 0 aliphatic heterocycles. The average Bonchev–Trinajstić information content (AvgIpc) is 2.81. The number of nitrogens with zero attached hydrogens (tertiary/aromatic N) is 4. The van der Waals surface area contributed by atoms with Crippen molar-refractivity contribution in [3.05, 3.63) is 34.1 Å². The Kier molecular flexibility index (Phi) is 2.71. The first-order valence-electron chi connectivity index (χ1n) is 6.19. The van der Waals surface area contributed by atoms with Gasteiger partial charge in [0.15, 0.2) is 10.8 Å². The van der Waals surface area contributed by atoms with E-state index in [1.165, 1.54) is 18.5 Å². The smallest absolute Gasteiger partial charge is 0.196 e. The maximum atomic E-state index is 4.68. The first-order chi connectivity index (χ1) is 9.31. The average molecular weight is 338 g/mol. The van der Waals surface area contributed by atoms with Crippen LogP contribution >= 0.6 is 27.3 Å². The lowest BCUT2D eigenvalue weighted by atomic mass is 10.4. The maximum absolute atomic E-state index is 4.68. The van der Waals surface area contributed by atoms with E-state index in [1.807, 2.05) is 10.9 Å². The third-order valence-electron chi connectivity index (χ3n) is 3.24. The van der Waals surface area contributed by atoms with E-state index in [1.54, 1.807) is 17.5 Å². The number of imidazole rings is 1. The molecule has 0 bridgehead atoms. The van der Waals surface area contributed by atoms with Crippen molar-refractivity contribution >= 4 is 32.2 Å². The Hall–Kier alpha value is -1.18. The van der Waals surface area contributed by atoms with Gasteiger partial charge in [-0.1, -0.05) is 0 Å². The first-order valence-corrected chi connectivity index (χ1v) is 7.87. The number of halogens is 1. The predicted octanol–water partition coefficient (Wildman–Crippen LogP) is 2.60. The minimum atomic E-state index is 0.682. The summed E-state index contributed by atoms with van der Waals surface area (Å²) >= 11 is 5.07. The van der Waals surface area contributed by atoms with Crippen molar-refractivity contribution in [2.75, 3.05) is 0 Å². The Morgan fingerprint density at radius 2 is 2.37 bits per heavy atom. The zero-order chi connectivity index (χ0) is 12.8. The molecule has 1 saturated carbocycles. The molecule has 1 fully saturated rings. The minimum Gasteiger partial charge on any atom is -0.308 e. The van der Waals surface area contributed by atoms with Crippen LogP contribution in [0.1, 0.15) is 18.5 Å². The molecule has 0 atom stereocenters. The summed E-state index contributed by atoms with van der Waals surface area (Å²) in [5, 5.41) is 9.95. The van der Waals surface area contributed by atoms with Crippen LogP contribution in [0.5, 0.6) is 0 Å². The molecule has 98 valence electrons. The molecule has 1 N–H and O–H groups in total. The highest BCUT2D eigenvalue weighted by atomic mass is 79.9. The molecule has 4 rings (SSSR count). The quantitative estimate of drug-likeness (QED) is 0.795. The summed E-state index contributed by atoms with van der Waals surface area (Å²) in [6.45, 7) is 0.829. The molecule has 0 saturated heterocycles. The zero-order valence-corrected chi connectivity index (χ0v) is 12.5. The molecule has 0 radical (unpaired) electrons. The summed E-state index contributed by atoms with van der Waals surface area (Å²) in [7, 11) is 0. The van der Waals surface area contributed by atoms with Gasteiger partial charge in [0.1, 0.15) is 0 Å². The molecule has 19 heavy (non-hydrogen) atoms. The van der Waals surface area contributed by atoms with Crippen LogP contribution in [0, 0.1) is 0 Å². The molecule has 3 heterocycles. The Balaban J connectivity index is 1.78. The standard InChI is InChI=1S/C12H12BrN5S/c13-8-5-15-18(7-8)11-10(6-14-9-1-2-9)17-3-4-19-12(17)16-11/h3-5,7,9,14H,1-2,6H2. The van der Waals surface area contributed by atoms with Crippen LogP contribution in [-0.2, 0) is 6.54 Å². The van der Waals surface area contributed by atoms with E-state index in [-0.39, 0.29) is 0 Å². The lowest BCUT2D eigenvalue weighted by Crippen LogP contribution is -2.18. The number of rotatable bonds is 4. The van der Waals surface area contributed by atoms with Gasteiger partial charge in [-0.05, 0) is 28.8 Å². The van der Waals surface area contributed by atoms with Crippen molar-refractivity contribution in [2.45, 2.75) is 25.4 Å². The van der Waals surface area contributed by atoms with Crippen molar-refractivity contribution in [3.63, 3.8) is 0 Å². The second-order valence-corrected chi connectivity index (χ2v) is 6.48. The van der Waals surface area contributed by atoms with Gasteiger partial charge in [0.25, 0.3) is 0 Å². The Bertz CT molecular complexity index is 723. The number of hydrogen-bond acceptors (Lipinski definition) is 4. The van der Waals surface area contributed by atoms with Crippen molar-refractivity contribution in [1.82, 2.24) is 24.5 Å². The van der Waals surface area contributed by atoms with E-state index in [0.29, 0.717) is 6.04 Å². The molecular formula is C12H12BrN5S. The summed E-state index contributed by atoms with van der Waals surface area (Å²) in [5.41, 5.74) is 1.17. The largest absolute Gasteiger partial charge is 0.308 e. The maximum Gasteiger partial charge on any atom is 0.196 e. The van der Waals surface area contributed by atoms with Gasteiger partial charge >= 0.3 is 0 Å². The summed E-state index contributed by atoms with van der Waals surface area (Å²) < 4.78 is 4.93. The van der Waals surface area contributed by atoms with Crippen LogP contribution in [0.2, 0.25) is 0 Å². The Morgan fingerprint density at radius 3 is 3.11 bits per heavy atom. The molecule has 0 aromatic carbocycles. The van der Waals surface area contributed by atoms with Crippen molar-refractivity contribution in [3.8, 4) is 5.82 Å². The summed E-state index contributed by atoms with van der Waals surface area (Å²) in [4.78, 5) is 5.68. The molecule has 0 unspecified atom stereocenters. The third kappa shape index (κ3) is 2.11. The number of nitrogens with one attached hydrogen (secondary N) is 1. The monoisotopic (exact) mass is 337 g/mol. The van der Waals surface area contributed by atoms with Gasteiger partial charge in [0, 0.05) is 30.4 Å². The molecule has 3 aromatic rings. The van der Waals surface area contributed by atoms with Crippen LogP contribution in [-0.4, -0.2) is 25.2 Å². The predicted molar refractivity (Wildman–Crippen MR) is 77.8 cm³/mol. The molecule has 0 spiro atoms. The number of fused-ring (bicyclic) bond motifs is 1. The van der Waals surface area contributed by atoms with Crippen molar-refractivity contribution < 1.29 is 0 Å². The Morgan fingerprint density at radius 1 is 1.47 bits per heavy atom. The highest BCUT2D eigenvalue weighted by molar-refractivity contribution is 9.10. The van der Waals surface area contributed by atoms with E-state index in [4.69, 9.17) is 0 Å². The molecule has 7 heteroatoms. The lowest BCUT2D eigenvalue weighted by molar-refractivity contribution is 0.663. The molecule has 0 amide bonds. The fourth-order valence-electron chi connectivity index (χ4n) is 2.11. The summed E-state index contributed by atoms with van der Waals surface area (Å²) in [6, 6.07) is 0.682. The lowest BCUT2D eigenvalue weighted by Gasteiger charge is -2.05. The molecule has 3 aromatic heterocycles. The normalized spacial score (nSPS) is 15.4. The van der Waals surface area contributed by atoms with Crippen LogP contribution in [0.15, 0.2) is 28.4 Å². The van der Waals surface area contributed by atoms with E-state index >= 15 is 0 Å². The number of thiazole rings is 1. The van der Waals surface area contributed by atoms with Crippen LogP contribution in [0.4, 0.5) is 0 Å². The highest BCUT2D eigenvalue weighted by Gasteiger charge is 2.22. The molecule has 1 aliphatic rings. The zero-order valence-electron chi connectivity index (χ0n) is 10.1. The van der Waals surface area contributed by atoms with Gasteiger partial charge < -0.3 is 5.32 Å². The van der Waals surface area contributed by atoms with Crippen molar-refractivity contribution in [2.24, 2.45) is 0 Å². The van der Waals surface area contributed by atoms with Gasteiger partial charge in [0.05, 0.1) is 16.4 Å². The first kappa shape index (κ1) is 11.6. The second kappa shape index (κ2) is 4.43. The van der Waals surface area contributed by atoms with Crippen LogP contribution < -0.4 is 5.32 Å². The van der Waals surface area contributed by atoms with E-state index in [0.717, 1.165) is 21.8 Å². The fourth-order valence-corrected chi connectivity index (χ4v) is 3.13. The van der Waals surface area contributed by atoms with Gasteiger partial charge in [-0.25, -0.2) is 4.68 Å². The van der Waals surface area contributed by atoms with Gasteiger partial charge in [-0.2, -0.15) is 10.1 Å². The minimum absolute atomic E-state index is 0.682. The fraction of sp³-hybridized carbons (Fsp3) is 0.333. The molecular weight excluding hydrogens is 326 g/mol. The van der Waals surface area contributed by atoms with Gasteiger partial charge in [-0.3, -0.25) is 4.40 Å². The second-order valence-electron chi connectivity index (χ2n) is 4.70. The number of hydrogen-bond donors (Lipinski definition) is 1. The SMILES string of the molecule is Brc1cnn(-c2nc3sccn3c2CNC2CC2)c1. The van der Waals surface area contributed by atoms with Crippen LogP contribution in [0.3, 0.4) is 0 Å².